The first-order valence-corrected chi connectivity index (χ1v) is 9.25. The van der Waals surface area contributed by atoms with Crippen molar-refractivity contribution in [2.24, 2.45) is 0 Å². The van der Waals surface area contributed by atoms with Crippen LogP contribution in [-0.4, -0.2) is 66.8 Å². The molecule has 9 heteroatoms. The highest BCUT2D eigenvalue weighted by molar-refractivity contribution is 6.04. The van der Waals surface area contributed by atoms with E-state index < -0.39 is 11.5 Å². The summed E-state index contributed by atoms with van der Waals surface area (Å²) in [7, 11) is 0. The maximum absolute atomic E-state index is 12.2. The minimum absolute atomic E-state index is 0.0563. The zero-order valence-corrected chi connectivity index (χ0v) is 16.6. The van der Waals surface area contributed by atoms with Gasteiger partial charge in [0.2, 0.25) is 0 Å². The van der Waals surface area contributed by atoms with E-state index in [-0.39, 0.29) is 29.6 Å². The quantitative estimate of drug-likeness (QED) is 0.412. The summed E-state index contributed by atoms with van der Waals surface area (Å²) in [5.74, 6) is -0.446. The van der Waals surface area contributed by atoms with Gasteiger partial charge >= 0.3 is 6.09 Å². The number of ether oxygens (including phenoxy) is 1. The van der Waals surface area contributed by atoms with E-state index in [2.05, 4.69) is 5.32 Å². The van der Waals surface area contributed by atoms with Crippen LogP contribution in [-0.2, 0) is 9.57 Å². The number of amides is 2. The van der Waals surface area contributed by atoms with Crippen LogP contribution in [0.5, 0.6) is 0 Å². The molecule has 1 aromatic rings. The number of hydroxylamine groups is 2. The number of nitrogens with two attached hydrogens (primary N) is 1. The van der Waals surface area contributed by atoms with Gasteiger partial charge in [-0.15, -0.1) is 0 Å². The Morgan fingerprint density at radius 2 is 1.93 bits per heavy atom. The number of carbonyl (C=O) groups excluding carboxylic acids is 3. The van der Waals surface area contributed by atoms with Gasteiger partial charge in [0.1, 0.15) is 12.3 Å². The molecular weight excluding hydrogens is 364 g/mol. The van der Waals surface area contributed by atoms with E-state index in [0.29, 0.717) is 32.5 Å². The fourth-order valence-electron chi connectivity index (χ4n) is 2.57. The van der Waals surface area contributed by atoms with Crippen molar-refractivity contribution in [1.82, 2.24) is 15.3 Å². The lowest BCUT2D eigenvalue weighted by molar-refractivity contribution is -0.178. The molecule has 28 heavy (non-hydrogen) atoms. The normalized spacial score (nSPS) is 15.2. The summed E-state index contributed by atoms with van der Waals surface area (Å²) >= 11 is 0. The Bertz CT molecular complexity index is 714. The van der Waals surface area contributed by atoms with Crippen LogP contribution in [0.4, 0.5) is 10.5 Å². The van der Waals surface area contributed by atoms with Crippen LogP contribution in [0.2, 0.25) is 0 Å². The fraction of sp³-hybridized carbons (Fsp3) is 0.526. The zero-order chi connectivity index (χ0) is 20.7. The molecule has 0 aromatic heterocycles. The van der Waals surface area contributed by atoms with E-state index in [0.717, 1.165) is 6.42 Å². The first kappa shape index (κ1) is 21.6. The van der Waals surface area contributed by atoms with Crippen LogP contribution in [0.15, 0.2) is 18.2 Å². The van der Waals surface area contributed by atoms with Gasteiger partial charge in [0.25, 0.3) is 5.91 Å². The van der Waals surface area contributed by atoms with Crippen LogP contribution in [0.1, 0.15) is 47.9 Å². The molecule has 0 spiro atoms. The number of benzene rings is 1. The molecule has 1 aliphatic heterocycles. The lowest BCUT2D eigenvalue weighted by Gasteiger charge is -2.35. The summed E-state index contributed by atoms with van der Waals surface area (Å²) in [5, 5.41) is 4.27. The molecule has 0 aliphatic carbocycles. The van der Waals surface area contributed by atoms with Crippen molar-refractivity contribution in [2.75, 3.05) is 38.6 Å². The van der Waals surface area contributed by atoms with Gasteiger partial charge in [0.05, 0.1) is 5.56 Å². The molecule has 2 amide bonds. The van der Waals surface area contributed by atoms with Gasteiger partial charge in [-0.1, -0.05) is 13.0 Å². The van der Waals surface area contributed by atoms with Gasteiger partial charge in [-0.2, -0.15) is 5.06 Å². The topological polar surface area (TPSA) is 114 Å². The number of nitrogens with zero attached hydrogens (tertiary/aromatic N) is 2. The maximum atomic E-state index is 12.2. The third-order valence-corrected chi connectivity index (χ3v) is 4.69. The molecule has 1 heterocycles. The molecule has 3 N–H and O–H groups in total. The number of rotatable bonds is 7. The third kappa shape index (κ3) is 5.67. The molecule has 154 valence electrons. The van der Waals surface area contributed by atoms with Crippen LogP contribution >= 0.6 is 0 Å². The van der Waals surface area contributed by atoms with Crippen molar-refractivity contribution in [1.29, 1.82) is 0 Å². The lowest BCUT2D eigenvalue weighted by atomic mass is 10.1. The average molecular weight is 392 g/mol. The Morgan fingerprint density at radius 1 is 1.25 bits per heavy atom. The highest BCUT2D eigenvalue weighted by Crippen LogP contribution is 2.17. The molecule has 0 radical (unpaired) electrons. The first-order valence-electron chi connectivity index (χ1n) is 9.25. The van der Waals surface area contributed by atoms with Crippen molar-refractivity contribution >= 4 is 24.0 Å². The summed E-state index contributed by atoms with van der Waals surface area (Å²) in [6.07, 6.45) is 0.965. The monoisotopic (exact) mass is 392 g/mol. The Labute approximate surface area is 164 Å². The molecule has 1 fully saturated rings. The minimum atomic E-state index is -0.490. The highest BCUT2D eigenvalue weighted by atomic mass is 16.7. The number of nitrogen functional groups attached to an aromatic ring is 1. The van der Waals surface area contributed by atoms with Crippen LogP contribution in [0, 0.1) is 0 Å². The van der Waals surface area contributed by atoms with Crippen LogP contribution < -0.4 is 11.1 Å². The standard InChI is InChI=1S/C19H28N4O5/c1-4-19(2,3)28-18(26)22-8-10-23(11-9-22)27-13-21-17(25)14-6-5-7-16(20)15(14)12-24/h5-7,12H,4,8-11,13,20H2,1-3H3,(H,21,25). The summed E-state index contributed by atoms with van der Waals surface area (Å²) in [6.45, 7) is 7.60. The van der Waals surface area contributed by atoms with Crippen molar-refractivity contribution < 1.29 is 24.0 Å². The molecule has 1 saturated heterocycles. The van der Waals surface area contributed by atoms with Crippen LogP contribution in [0.3, 0.4) is 0 Å². The molecular formula is C19H28N4O5. The second kappa shape index (κ2) is 9.52. The Balaban J connectivity index is 1.76. The van der Waals surface area contributed by atoms with Crippen LogP contribution in [0.25, 0.3) is 0 Å². The predicted octanol–water partition coefficient (Wildman–Crippen LogP) is 1.64. The van der Waals surface area contributed by atoms with Crippen molar-refractivity contribution in [3.63, 3.8) is 0 Å². The summed E-state index contributed by atoms with van der Waals surface area (Å²) in [5.41, 5.74) is 5.82. The molecule has 0 unspecified atom stereocenters. The Kier molecular flexibility index (Phi) is 7.36. The summed E-state index contributed by atoms with van der Waals surface area (Å²) < 4.78 is 5.49. The summed E-state index contributed by atoms with van der Waals surface area (Å²) in [4.78, 5) is 42.7. The first-order chi connectivity index (χ1) is 13.3. The van der Waals surface area contributed by atoms with Gasteiger partial charge in [0.15, 0.2) is 6.29 Å². The zero-order valence-electron chi connectivity index (χ0n) is 16.6. The second-order valence-electron chi connectivity index (χ2n) is 7.10. The molecule has 0 atom stereocenters. The van der Waals surface area contributed by atoms with Gasteiger partial charge < -0.3 is 20.7 Å². The van der Waals surface area contributed by atoms with Gasteiger partial charge in [0, 0.05) is 37.4 Å². The largest absolute Gasteiger partial charge is 0.443 e. The van der Waals surface area contributed by atoms with Gasteiger partial charge in [-0.05, 0) is 32.4 Å². The number of hydrogen-bond acceptors (Lipinski definition) is 7. The molecule has 1 aromatic carbocycles. The van der Waals surface area contributed by atoms with Crippen molar-refractivity contribution in [2.45, 2.75) is 32.8 Å². The predicted molar refractivity (Wildman–Crippen MR) is 104 cm³/mol. The number of carbonyl (C=O) groups is 3. The van der Waals surface area contributed by atoms with E-state index in [1.54, 1.807) is 22.1 Å². The molecule has 0 bridgehead atoms. The van der Waals surface area contributed by atoms with E-state index in [4.69, 9.17) is 15.3 Å². The number of aldehydes is 1. The maximum Gasteiger partial charge on any atom is 0.410 e. The molecule has 0 saturated carbocycles. The minimum Gasteiger partial charge on any atom is -0.443 e. The number of piperazine rings is 1. The van der Waals surface area contributed by atoms with E-state index in [1.807, 2.05) is 20.8 Å². The SMILES string of the molecule is CCC(C)(C)OC(=O)N1CCN(OCNC(=O)c2cccc(N)c2C=O)CC1. The lowest BCUT2D eigenvalue weighted by Crippen LogP contribution is -2.50. The van der Waals surface area contributed by atoms with E-state index in [9.17, 15) is 14.4 Å². The van der Waals surface area contributed by atoms with E-state index >= 15 is 0 Å². The van der Waals surface area contributed by atoms with Gasteiger partial charge in [-0.3, -0.25) is 14.4 Å². The average Bonchev–Trinajstić information content (AvgIpc) is 2.67. The number of nitrogens with one attached hydrogen (secondary N) is 1. The number of anilines is 1. The highest BCUT2D eigenvalue weighted by Gasteiger charge is 2.27. The smallest absolute Gasteiger partial charge is 0.410 e. The Morgan fingerprint density at radius 3 is 2.54 bits per heavy atom. The van der Waals surface area contributed by atoms with Crippen molar-refractivity contribution in [3.05, 3.63) is 29.3 Å². The number of hydrogen-bond donors (Lipinski definition) is 2. The van der Waals surface area contributed by atoms with Crippen molar-refractivity contribution in [3.8, 4) is 0 Å². The molecule has 1 aliphatic rings. The second-order valence-corrected chi connectivity index (χ2v) is 7.10. The molecule has 9 nitrogen and oxygen atoms in total. The fourth-order valence-corrected chi connectivity index (χ4v) is 2.57. The summed E-state index contributed by atoms with van der Waals surface area (Å²) in [6, 6.07) is 4.69. The molecule has 2 rings (SSSR count). The van der Waals surface area contributed by atoms with Gasteiger partial charge in [-0.25, -0.2) is 4.79 Å². The van der Waals surface area contributed by atoms with E-state index in [1.165, 1.54) is 6.07 Å². The third-order valence-electron chi connectivity index (χ3n) is 4.69. The Hall–Kier alpha value is -2.65.